The van der Waals surface area contributed by atoms with E-state index in [1.165, 1.54) is 4.90 Å². The highest BCUT2D eigenvalue weighted by molar-refractivity contribution is 6.02. The summed E-state index contributed by atoms with van der Waals surface area (Å²) in [5.41, 5.74) is 1.01. The summed E-state index contributed by atoms with van der Waals surface area (Å²) >= 11 is 0. The molecule has 21 heavy (non-hydrogen) atoms. The van der Waals surface area contributed by atoms with E-state index < -0.39 is 0 Å². The number of anilines is 1. The summed E-state index contributed by atoms with van der Waals surface area (Å²) in [4.78, 5) is 27.2. The number of hydrogen-bond acceptors (Lipinski definition) is 4. The summed E-state index contributed by atoms with van der Waals surface area (Å²) in [6.07, 6.45) is 1.80. The quantitative estimate of drug-likeness (QED) is 0.850. The van der Waals surface area contributed by atoms with Crippen molar-refractivity contribution in [3.8, 4) is 5.75 Å². The van der Waals surface area contributed by atoms with E-state index in [4.69, 9.17) is 4.74 Å². The van der Waals surface area contributed by atoms with Crippen LogP contribution in [0.15, 0.2) is 24.3 Å². The van der Waals surface area contributed by atoms with Crippen LogP contribution in [-0.2, 0) is 4.79 Å². The van der Waals surface area contributed by atoms with Gasteiger partial charge in [-0.1, -0.05) is 12.1 Å². The summed E-state index contributed by atoms with van der Waals surface area (Å²) in [7, 11) is 1.65. The second-order valence-electron chi connectivity index (χ2n) is 5.34. The highest BCUT2D eigenvalue weighted by atomic mass is 16.5. The van der Waals surface area contributed by atoms with Crippen LogP contribution in [0.25, 0.3) is 0 Å². The number of rotatable bonds is 3. The summed E-state index contributed by atoms with van der Waals surface area (Å²) in [5.74, 6) is 0.683. The Hall–Kier alpha value is -2.24. The van der Waals surface area contributed by atoms with Gasteiger partial charge in [0.1, 0.15) is 5.75 Å². The number of amides is 3. The average molecular weight is 289 g/mol. The Bertz CT molecular complexity index is 545. The number of ether oxygens (including phenoxy) is 1. The highest BCUT2D eigenvalue weighted by Gasteiger charge is 2.37. The third kappa shape index (κ3) is 2.53. The van der Waals surface area contributed by atoms with Crippen molar-refractivity contribution < 1.29 is 14.3 Å². The van der Waals surface area contributed by atoms with Gasteiger partial charge in [-0.2, -0.15) is 0 Å². The number of piperidine rings is 1. The molecule has 1 unspecified atom stereocenters. The summed E-state index contributed by atoms with van der Waals surface area (Å²) in [6.45, 7) is 1.67. The molecule has 1 N–H and O–H groups in total. The molecule has 2 aliphatic rings. The Kier molecular flexibility index (Phi) is 3.68. The van der Waals surface area contributed by atoms with Crippen molar-refractivity contribution in [2.75, 3.05) is 31.6 Å². The molecule has 0 aliphatic carbocycles. The van der Waals surface area contributed by atoms with E-state index in [0.717, 1.165) is 30.8 Å². The van der Waals surface area contributed by atoms with Gasteiger partial charge in [-0.15, -0.1) is 0 Å². The maximum absolute atomic E-state index is 11.8. The van der Waals surface area contributed by atoms with E-state index in [2.05, 4.69) is 10.2 Å². The fraction of sp³-hybridized carbons (Fsp3) is 0.467. The molecule has 0 saturated carbocycles. The van der Waals surface area contributed by atoms with Crippen molar-refractivity contribution >= 4 is 17.6 Å². The lowest BCUT2D eigenvalue weighted by Crippen LogP contribution is -2.50. The Morgan fingerprint density at radius 3 is 2.81 bits per heavy atom. The third-order valence-electron chi connectivity index (χ3n) is 4.07. The Morgan fingerprint density at radius 2 is 2.10 bits per heavy atom. The van der Waals surface area contributed by atoms with Gasteiger partial charge in [-0.25, -0.2) is 4.79 Å². The second kappa shape index (κ2) is 5.63. The van der Waals surface area contributed by atoms with Crippen molar-refractivity contribution in [2.24, 2.45) is 0 Å². The van der Waals surface area contributed by atoms with E-state index in [1.54, 1.807) is 7.11 Å². The molecule has 2 saturated heterocycles. The minimum Gasteiger partial charge on any atom is -0.495 e. The van der Waals surface area contributed by atoms with Gasteiger partial charge in [0.15, 0.2) is 0 Å². The SMILES string of the molecule is COc1ccccc1N1CCCC(N2C(=O)CNC2=O)C1. The highest BCUT2D eigenvalue weighted by Crippen LogP contribution is 2.31. The van der Waals surface area contributed by atoms with E-state index in [9.17, 15) is 9.59 Å². The van der Waals surface area contributed by atoms with Crippen LogP contribution < -0.4 is 15.0 Å². The number of carbonyl (C=O) groups excluding carboxylic acids is 2. The molecule has 2 fully saturated rings. The zero-order chi connectivity index (χ0) is 14.8. The van der Waals surface area contributed by atoms with Gasteiger partial charge in [-0.05, 0) is 25.0 Å². The number of para-hydroxylation sites is 2. The summed E-state index contributed by atoms with van der Waals surface area (Å²) < 4.78 is 5.40. The van der Waals surface area contributed by atoms with E-state index in [0.29, 0.717) is 6.54 Å². The van der Waals surface area contributed by atoms with Crippen LogP contribution in [-0.4, -0.2) is 49.6 Å². The largest absolute Gasteiger partial charge is 0.495 e. The molecular weight excluding hydrogens is 270 g/mol. The van der Waals surface area contributed by atoms with Gasteiger partial charge < -0.3 is 15.0 Å². The molecule has 0 spiro atoms. The number of methoxy groups -OCH3 is 1. The minimum atomic E-state index is -0.271. The minimum absolute atomic E-state index is 0.0707. The van der Waals surface area contributed by atoms with Gasteiger partial charge in [0.2, 0.25) is 5.91 Å². The van der Waals surface area contributed by atoms with E-state index in [-0.39, 0.29) is 24.5 Å². The number of carbonyl (C=O) groups is 2. The zero-order valence-corrected chi connectivity index (χ0v) is 12.0. The number of hydrogen-bond donors (Lipinski definition) is 1. The van der Waals surface area contributed by atoms with Gasteiger partial charge in [-0.3, -0.25) is 9.69 Å². The number of nitrogens with one attached hydrogen (secondary N) is 1. The van der Waals surface area contributed by atoms with Crippen LogP contribution >= 0.6 is 0 Å². The molecule has 1 aromatic carbocycles. The predicted molar refractivity (Wildman–Crippen MR) is 78.5 cm³/mol. The van der Waals surface area contributed by atoms with E-state index in [1.807, 2.05) is 24.3 Å². The first kappa shape index (κ1) is 13.7. The van der Waals surface area contributed by atoms with Crippen molar-refractivity contribution in [1.82, 2.24) is 10.2 Å². The zero-order valence-electron chi connectivity index (χ0n) is 12.0. The molecule has 0 bridgehead atoms. The monoisotopic (exact) mass is 289 g/mol. The molecule has 0 aromatic heterocycles. The van der Waals surface area contributed by atoms with Crippen LogP contribution in [0, 0.1) is 0 Å². The normalized spacial score (nSPS) is 22.4. The Labute approximate surface area is 123 Å². The second-order valence-corrected chi connectivity index (χ2v) is 5.34. The molecule has 2 aliphatic heterocycles. The first-order valence-electron chi connectivity index (χ1n) is 7.18. The lowest BCUT2D eigenvalue weighted by molar-refractivity contribution is -0.126. The molecule has 0 radical (unpaired) electrons. The van der Waals surface area contributed by atoms with Gasteiger partial charge in [0, 0.05) is 13.1 Å². The first-order chi connectivity index (χ1) is 10.2. The van der Waals surface area contributed by atoms with Crippen LogP contribution in [0.1, 0.15) is 12.8 Å². The summed E-state index contributed by atoms with van der Waals surface area (Å²) in [5, 5.41) is 2.59. The van der Waals surface area contributed by atoms with Crippen LogP contribution in [0.2, 0.25) is 0 Å². The van der Waals surface area contributed by atoms with Crippen molar-refractivity contribution in [3.05, 3.63) is 24.3 Å². The maximum atomic E-state index is 11.8. The molecule has 6 nitrogen and oxygen atoms in total. The smallest absolute Gasteiger partial charge is 0.324 e. The van der Waals surface area contributed by atoms with Crippen molar-refractivity contribution in [2.45, 2.75) is 18.9 Å². The lowest BCUT2D eigenvalue weighted by Gasteiger charge is -2.37. The predicted octanol–water partition coefficient (Wildman–Crippen LogP) is 1.22. The van der Waals surface area contributed by atoms with Crippen LogP contribution in [0.3, 0.4) is 0 Å². The van der Waals surface area contributed by atoms with E-state index >= 15 is 0 Å². The van der Waals surface area contributed by atoms with Crippen molar-refractivity contribution in [3.63, 3.8) is 0 Å². The molecular formula is C15H19N3O3. The Balaban J connectivity index is 1.80. The number of urea groups is 1. The van der Waals surface area contributed by atoms with Crippen molar-refractivity contribution in [1.29, 1.82) is 0 Å². The molecule has 3 rings (SSSR count). The first-order valence-corrected chi connectivity index (χ1v) is 7.18. The molecule has 1 aromatic rings. The Morgan fingerprint density at radius 1 is 1.29 bits per heavy atom. The number of benzene rings is 1. The van der Waals surface area contributed by atoms with Gasteiger partial charge in [0.05, 0.1) is 25.4 Å². The fourth-order valence-corrected chi connectivity index (χ4v) is 3.08. The van der Waals surface area contributed by atoms with Crippen LogP contribution in [0.4, 0.5) is 10.5 Å². The molecule has 2 heterocycles. The van der Waals surface area contributed by atoms with Crippen LogP contribution in [0.5, 0.6) is 5.75 Å². The molecule has 3 amide bonds. The molecule has 112 valence electrons. The lowest BCUT2D eigenvalue weighted by atomic mass is 10.0. The summed E-state index contributed by atoms with van der Waals surface area (Å²) in [6, 6.07) is 7.49. The molecule has 1 atom stereocenters. The molecule has 6 heteroatoms. The standard InChI is InChI=1S/C15H19N3O3/c1-21-13-7-3-2-6-12(13)17-8-4-5-11(10-17)18-14(19)9-16-15(18)20/h2-3,6-7,11H,4-5,8-10H2,1H3,(H,16,20). The fourth-order valence-electron chi connectivity index (χ4n) is 3.08. The van der Waals surface area contributed by atoms with Gasteiger partial charge in [0.25, 0.3) is 0 Å². The topological polar surface area (TPSA) is 61.9 Å². The van der Waals surface area contributed by atoms with Gasteiger partial charge >= 0.3 is 6.03 Å². The maximum Gasteiger partial charge on any atom is 0.324 e. The third-order valence-corrected chi connectivity index (χ3v) is 4.07. The number of imide groups is 1. The number of nitrogens with zero attached hydrogens (tertiary/aromatic N) is 2. The average Bonchev–Trinajstić information content (AvgIpc) is 2.86.